The molecule has 0 amide bonds. The smallest absolute Gasteiger partial charge is 0.235 e. The van der Waals surface area contributed by atoms with Gasteiger partial charge < -0.3 is 5.32 Å². The molecular weight excluding hydrogens is 294 g/mol. The van der Waals surface area contributed by atoms with Crippen molar-refractivity contribution >= 4 is 31.8 Å². The van der Waals surface area contributed by atoms with Gasteiger partial charge in [-0.25, -0.2) is 13.4 Å². The molecule has 0 unspecified atom stereocenters. The van der Waals surface area contributed by atoms with Crippen LogP contribution < -0.4 is 10.0 Å². The molecular formula is C9H14BrN3O2S. The lowest BCUT2D eigenvalue weighted by atomic mass is 10.4. The summed E-state index contributed by atoms with van der Waals surface area (Å²) < 4.78 is 26.4. The Morgan fingerprint density at radius 3 is 2.69 bits per heavy atom. The summed E-state index contributed by atoms with van der Waals surface area (Å²) in [6.07, 6.45) is 0. The van der Waals surface area contributed by atoms with Crippen molar-refractivity contribution in [1.82, 2.24) is 10.3 Å². The lowest BCUT2D eigenvalue weighted by Crippen LogP contribution is -2.24. The minimum Gasteiger partial charge on any atom is -0.319 e. The molecule has 7 heteroatoms. The van der Waals surface area contributed by atoms with E-state index in [0.29, 0.717) is 12.4 Å². The Kier molecular flexibility index (Phi) is 4.69. The molecule has 0 aromatic carbocycles. The van der Waals surface area contributed by atoms with Gasteiger partial charge >= 0.3 is 0 Å². The van der Waals surface area contributed by atoms with Crippen LogP contribution >= 0.6 is 15.9 Å². The zero-order chi connectivity index (χ0) is 12.2. The molecule has 1 heterocycles. The molecule has 0 spiro atoms. The van der Waals surface area contributed by atoms with E-state index >= 15 is 0 Å². The molecule has 1 aromatic rings. The van der Waals surface area contributed by atoms with E-state index < -0.39 is 10.0 Å². The Balaban J connectivity index is 2.76. The summed E-state index contributed by atoms with van der Waals surface area (Å²) in [6, 6.07) is 3.38. The van der Waals surface area contributed by atoms with Gasteiger partial charge in [-0.05, 0) is 42.0 Å². The molecule has 16 heavy (non-hydrogen) atoms. The molecule has 0 saturated heterocycles. The predicted molar refractivity (Wildman–Crippen MR) is 68.0 cm³/mol. The maximum atomic E-state index is 11.6. The molecule has 5 nitrogen and oxygen atoms in total. The summed E-state index contributed by atoms with van der Waals surface area (Å²) in [4.78, 5) is 4.11. The maximum absolute atomic E-state index is 11.6. The van der Waals surface area contributed by atoms with Gasteiger partial charge in [-0.1, -0.05) is 0 Å². The number of hydrogen-bond donors (Lipinski definition) is 2. The highest BCUT2D eigenvalue weighted by Gasteiger charge is 2.10. The van der Waals surface area contributed by atoms with Gasteiger partial charge in [0.1, 0.15) is 5.82 Å². The molecule has 0 radical (unpaired) electrons. The fourth-order valence-corrected chi connectivity index (χ4v) is 2.28. The van der Waals surface area contributed by atoms with Crippen LogP contribution in [0.4, 0.5) is 5.82 Å². The van der Waals surface area contributed by atoms with Gasteiger partial charge in [0.2, 0.25) is 10.0 Å². The highest BCUT2D eigenvalue weighted by atomic mass is 79.9. The fraction of sp³-hybridized carbons (Fsp3) is 0.444. The highest BCUT2D eigenvalue weighted by molar-refractivity contribution is 9.10. The van der Waals surface area contributed by atoms with Crippen molar-refractivity contribution in [1.29, 1.82) is 0 Å². The number of aromatic nitrogens is 1. The Morgan fingerprint density at radius 2 is 2.12 bits per heavy atom. The first-order valence-corrected chi connectivity index (χ1v) is 7.17. The van der Waals surface area contributed by atoms with Crippen molar-refractivity contribution in [2.24, 2.45) is 0 Å². The Bertz CT molecular complexity index is 462. The summed E-state index contributed by atoms with van der Waals surface area (Å²) in [5.74, 6) is 0.372. The third-order valence-electron chi connectivity index (χ3n) is 1.90. The van der Waals surface area contributed by atoms with Crippen LogP contribution in [0.15, 0.2) is 16.6 Å². The predicted octanol–water partition coefficient (Wildman–Crippen LogP) is 1.11. The number of sulfonamides is 1. The molecule has 0 bridgehead atoms. The van der Waals surface area contributed by atoms with Crippen molar-refractivity contribution in [2.75, 3.05) is 24.1 Å². The van der Waals surface area contributed by atoms with E-state index in [1.165, 1.54) is 0 Å². The minimum atomic E-state index is -3.32. The first kappa shape index (κ1) is 13.4. The summed E-state index contributed by atoms with van der Waals surface area (Å²) in [7, 11) is -1.61. The molecule has 0 aliphatic rings. The van der Waals surface area contributed by atoms with Gasteiger partial charge in [0.25, 0.3) is 0 Å². The first-order valence-electron chi connectivity index (χ1n) is 4.73. The van der Waals surface area contributed by atoms with E-state index in [-0.39, 0.29) is 5.75 Å². The topological polar surface area (TPSA) is 71.1 Å². The van der Waals surface area contributed by atoms with Crippen LogP contribution in [0.2, 0.25) is 0 Å². The Morgan fingerprint density at radius 1 is 1.44 bits per heavy atom. The van der Waals surface area contributed by atoms with E-state index in [2.05, 4.69) is 31.0 Å². The minimum absolute atomic E-state index is 0.0281. The van der Waals surface area contributed by atoms with Gasteiger partial charge in [0.05, 0.1) is 11.4 Å². The molecule has 0 aliphatic heterocycles. The average molecular weight is 308 g/mol. The van der Waals surface area contributed by atoms with Crippen molar-refractivity contribution in [3.05, 3.63) is 22.3 Å². The van der Waals surface area contributed by atoms with Crippen molar-refractivity contribution in [3.63, 3.8) is 0 Å². The lowest BCUT2D eigenvalue weighted by Gasteiger charge is -2.08. The summed E-state index contributed by atoms with van der Waals surface area (Å²) >= 11 is 3.30. The Hall–Kier alpha value is -0.660. The van der Waals surface area contributed by atoms with Crippen molar-refractivity contribution in [2.45, 2.75) is 6.92 Å². The summed E-state index contributed by atoms with van der Waals surface area (Å²) in [6.45, 7) is 2.21. The second-order valence-electron chi connectivity index (χ2n) is 3.29. The molecule has 2 N–H and O–H groups in total. The summed E-state index contributed by atoms with van der Waals surface area (Å²) in [5, 5.41) is 2.78. The molecule has 0 aliphatic carbocycles. The standard InChI is InChI=1S/C9H14BrN3O2S/c1-7-8(10)3-4-9(12-7)13-16(14,15)6-5-11-2/h3-4,11H,5-6H2,1-2H3,(H,12,13). The maximum Gasteiger partial charge on any atom is 0.235 e. The number of halogens is 1. The van der Waals surface area contributed by atoms with Crippen LogP contribution in [-0.4, -0.2) is 32.7 Å². The van der Waals surface area contributed by atoms with Crippen LogP contribution in [0.3, 0.4) is 0 Å². The van der Waals surface area contributed by atoms with Crippen LogP contribution in [0.1, 0.15) is 5.69 Å². The fourth-order valence-electron chi connectivity index (χ4n) is 1.05. The van der Waals surface area contributed by atoms with E-state index in [0.717, 1.165) is 10.2 Å². The van der Waals surface area contributed by atoms with Gasteiger partial charge in [-0.15, -0.1) is 0 Å². The normalized spacial score (nSPS) is 11.4. The number of anilines is 1. The van der Waals surface area contributed by atoms with Gasteiger partial charge in [-0.2, -0.15) is 0 Å². The molecule has 90 valence electrons. The average Bonchev–Trinajstić information content (AvgIpc) is 2.20. The highest BCUT2D eigenvalue weighted by Crippen LogP contribution is 2.16. The van der Waals surface area contributed by atoms with Gasteiger partial charge in [0, 0.05) is 11.0 Å². The van der Waals surface area contributed by atoms with E-state index in [1.54, 1.807) is 26.1 Å². The number of rotatable bonds is 5. The van der Waals surface area contributed by atoms with Gasteiger partial charge in [-0.3, -0.25) is 4.72 Å². The van der Waals surface area contributed by atoms with Crippen LogP contribution in [-0.2, 0) is 10.0 Å². The number of hydrogen-bond acceptors (Lipinski definition) is 4. The molecule has 0 atom stereocenters. The summed E-state index contributed by atoms with van der Waals surface area (Å²) in [5.41, 5.74) is 0.744. The van der Waals surface area contributed by atoms with E-state index in [1.807, 2.05) is 0 Å². The second kappa shape index (κ2) is 5.60. The third-order valence-corrected chi connectivity index (χ3v) is 4.00. The molecule has 0 fully saturated rings. The molecule has 1 aromatic heterocycles. The number of nitrogens with zero attached hydrogens (tertiary/aromatic N) is 1. The number of aryl methyl sites for hydroxylation is 1. The molecule has 0 saturated carbocycles. The number of pyridine rings is 1. The zero-order valence-corrected chi connectivity index (χ0v) is 11.5. The third kappa shape index (κ3) is 4.07. The zero-order valence-electron chi connectivity index (χ0n) is 9.12. The van der Waals surface area contributed by atoms with Crippen LogP contribution in [0, 0.1) is 6.92 Å². The second-order valence-corrected chi connectivity index (χ2v) is 5.98. The first-order chi connectivity index (χ1) is 7.44. The van der Waals surface area contributed by atoms with Crippen LogP contribution in [0.5, 0.6) is 0 Å². The van der Waals surface area contributed by atoms with Crippen molar-refractivity contribution in [3.8, 4) is 0 Å². The quantitative estimate of drug-likeness (QED) is 0.855. The SMILES string of the molecule is CNCCS(=O)(=O)Nc1ccc(Br)c(C)n1. The van der Waals surface area contributed by atoms with Gasteiger partial charge in [0.15, 0.2) is 0 Å². The monoisotopic (exact) mass is 307 g/mol. The van der Waals surface area contributed by atoms with Crippen molar-refractivity contribution < 1.29 is 8.42 Å². The largest absolute Gasteiger partial charge is 0.319 e. The van der Waals surface area contributed by atoms with E-state index in [9.17, 15) is 8.42 Å². The Labute approximate surface area is 104 Å². The molecule has 1 rings (SSSR count). The van der Waals surface area contributed by atoms with E-state index in [4.69, 9.17) is 0 Å². The lowest BCUT2D eigenvalue weighted by molar-refractivity contribution is 0.598. The van der Waals surface area contributed by atoms with Crippen LogP contribution in [0.25, 0.3) is 0 Å². The number of nitrogens with one attached hydrogen (secondary N) is 2.